The summed E-state index contributed by atoms with van der Waals surface area (Å²) in [5, 5.41) is 0. The number of hydrogen-bond donors (Lipinski definition) is 0. The minimum atomic E-state index is 0.629. The molecule has 88 valence electrons. The van der Waals surface area contributed by atoms with Crippen molar-refractivity contribution >= 4 is 0 Å². The summed E-state index contributed by atoms with van der Waals surface area (Å²) >= 11 is 0. The van der Waals surface area contributed by atoms with Gasteiger partial charge in [-0.15, -0.1) is 0 Å². The van der Waals surface area contributed by atoms with Crippen LogP contribution in [0.4, 0.5) is 0 Å². The minimum Gasteiger partial charge on any atom is -0.0599 e. The summed E-state index contributed by atoms with van der Waals surface area (Å²) < 4.78 is 0. The Hall–Kier alpha value is 0. The first-order chi connectivity index (χ1) is 7.16. The van der Waals surface area contributed by atoms with Crippen LogP contribution in [0.25, 0.3) is 0 Å². The van der Waals surface area contributed by atoms with E-state index in [1.807, 2.05) is 0 Å². The summed E-state index contributed by atoms with van der Waals surface area (Å²) in [4.78, 5) is 0. The van der Waals surface area contributed by atoms with Gasteiger partial charge in [-0.1, -0.05) is 65.2 Å². The fourth-order valence-electron chi connectivity index (χ4n) is 4.08. The van der Waals surface area contributed by atoms with Gasteiger partial charge < -0.3 is 0 Å². The molecule has 0 nitrogen and oxygen atoms in total. The van der Waals surface area contributed by atoms with Crippen LogP contribution < -0.4 is 0 Å². The van der Waals surface area contributed by atoms with Crippen molar-refractivity contribution < 1.29 is 0 Å². The molecule has 0 heterocycles. The van der Waals surface area contributed by atoms with Crippen LogP contribution in [0.1, 0.15) is 78.1 Å². The van der Waals surface area contributed by atoms with E-state index < -0.39 is 0 Å². The summed E-state index contributed by atoms with van der Waals surface area (Å²) in [6.45, 7) is 5.04. The van der Waals surface area contributed by atoms with Crippen LogP contribution in [0, 0.1) is 17.3 Å². The van der Waals surface area contributed by atoms with Crippen molar-refractivity contribution in [1.29, 1.82) is 0 Å². The maximum atomic E-state index is 2.52. The smallest absolute Gasteiger partial charge is 0.0349 e. The van der Waals surface area contributed by atoms with Gasteiger partial charge in [-0.2, -0.15) is 0 Å². The number of hydrogen-bond acceptors (Lipinski definition) is 0. The molecule has 0 bridgehead atoms. The molecule has 2 rings (SSSR count). The number of rotatable bonds is 4. The first-order valence-corrected chi connectivity index (χ1v) is 7.16. The Morgan fingerprint density at radius 3 is 1.40 bits per heavy atom. The SMILES string of the molecule is CC(C)(CC1CCCC1)CC1CCCC1. The zero-order valence-electron chi connectivity index (χ0n) is 10.7. The molecule has 0 radical (unpaired) electrons. The third kappa shape index (κ3) is 3.50. The van der Waals surface area contributed by atoms with Crippen molar-refractivity contribution in [2.45, 2.75) is 78.1 Å². The molecule has 15 heavy (non-hydrogen) atoms. The van der Waals surface area contributed by atoms with Crippen LogP contribution in [0.15, 0.2) is 0 Å². The van der Waals surface area contributed by atoms with E-state index in [0.717, 1.165) is 11.8 Å². The quantitative estimate of drug-likeness (QED) is 0.597. The predicted molar refractivity (Wildman–Crippen MR) is 66.9 cm³/mol. The van der Waals surface area contributed by atoms with Crippen LogP contribution in [0.3, 0.4) is 0 Å². The Labute approximate surface area is 95.8 Å². The summed E-state index contributed by atoms with van der Waals surface area (Å²) in [5.74, 6) is 2.14. The van der Waals surface area contributed by atoms with E-state index in [9.17, 15) is 0 Å². The highest BCUT2D eigenvalue weighted by atomic mass is 14.3. The maximum Gasteiger partial charge on any atom is -0.0349 e. The summed E-state index contributed by atoms with van der Waals surface area (Å²) in [6.07, 6.45) is 15.1. The lowest BCUT2D eigenvalue weighted by Crippen LogP contribution is -2.19. The summed E-state index contributed by atoms with van der Waals surface area (Å²) in [6, 6.07) is 0. The average Bonchev–Trinajstić information content (AvgIpc) is 2.75. The van der Waals surface area contributed by atoms with Gasteiger partial charge in [0.2, 0.25) is 0 Å². The van der Waals surface area contributed by atoms with Gasteiger partial charge in [-0.25, -0.2) is 0 Å². The Bertz CT molecular complexity index is 160. The molecule has 0 spiro atoms. The second kappa shape index (κ2) is 4.89. The fourth-order valence-corrected chi connectivity index (χ4v) is 4.08. The van der Waals surface area contributed by atoms with Crippen molar-refractivity contribution in [1.82, 2.24) is 0 Å². The molecular weight excluding hydrogens is 180 g/mol. The van der Waals surface area contributed by atoms with E-state index in [4.69, 9.17) is 0 Å². The van der Waals surface area contributed by atoms with E-state index in [2.05, 4.69) is 13.8 Å². The van der Waals surface area contributed by atoms with E-state index >= 15 is 0 Å². The van der Waals surface area contributed by atoms with E-state index in [0.29, 0.717) is 5.41 Å². The Morgan fingerprint density at radius 2 is 1.07 bits per heavy atom. The minimum absolute atomic E-state index is 0.629. The second-order valence-corrected chi connectivity index (χ2v) is 6.87. The summed E-state index contributed by atoms with van der Waals surface area (Å²) in [7, 11) is 0. The van der Waals surface area contributed by atoms with Crippen LogP contribution in [0.5, 0.6) is 0 Å². The first-order valence-electron chi connectivity index (χ1n) is 7.16. The third-order valence-corrected chi connectivity index (χ3v) is 4.63. The topological polar surface area (TPSA) is 0 Å². The lowest BCUT2D eigenvalue weighted by Gasteiger charge is -2.30. The predicted octanol–water partition coefficient (Wildman–Crippen LogP) is 5.17. The molecule has 0 saturated heterocycles. The van der Waals surface area contributed by atoms with Gasteiger partial charge in [-0.3, -0.25) is 0 Å². The highest BCUT2D eigenvalue weighted by molar-refractivity contribution is 4.81. The van der Waals surface area contributed by atoms with Crippen molar-refractivity contribution in [2.75, 3.05) is 0 Å². The average molecular weight is 208 g/mol. The molecule has 0 amide bonds. The van der Waals surface area contributed by atoms with Gasteiger partial charge in [-0.05, 0) is 30.1 Å². The molecule has 2 saturated carbocycles. The lowest BCUT2D eigenvalue weighted by atomic mass is 9.75. The zero-order chi connectivity index (χ0) is 10.7. The first kappa shape index (κ1) is 11.5. The van der Waals surface area contributed by atoms with E-state index in [1.165, 1.54) is 64.2 Å². The normalized spacial score (nSPS) is 25.2. The highest BCUT2D eigenvalue weighted by Gasteiger charge is 2.29. The third-order valence-electron chi connectivity index (χ3n) is 4.63. The molecule has 0 aromatic heterocycles. The molecule has 0 unspecified atom stereocenters. The van der Waals surface area contributed by atoms with Crippen molar-refractivity contribution in [3.05, 3.63) is 0 Å². The molecule has 2 fully saturated rings. The maximum absolute atomic E-state index is 2.52. The van der Waals surface area contributed by atoms with Crippen LogP contribution in [0.2, 0.25) is 0 Å². The molecule has 2 aliphatic rings. The highest BCUT2D eigenvalue weighted by Crippen LogP contribution is 2.42. The standard InChI is InChI=1S/C15H28/c1-15(2,11-13-7-3-4-8-13)12-14-9-5-6-10-14/h13-14H,3-12H2,1-2H3. The molecular formula is C15H28. The van der Waals surface area contributed by atoms with Crippen molar-refractivity contribution in [2.24, 2.45) is 17.3 Å². The second-order valence-electron chi connectivity index (χ2n) is 6.87. The lowest BCUT2D eigenvalue weighted by molar-refractivity contribution is 0.209. The largest absolute Gasteiger partial charge is 0.0599 e. The molecule has 2 aliphatic carbocycles. The molecule has 0 aromatic carbocycles. The van der Waals surface area contributed by atoms with E-state index in [-0.39, 0.29) is 0 Å². The Balaban J connectivity index is 1.76. The fraction of sp³-hybridized carbons (Fsp3) is 1.00. The molecule has 0 N–H and O–H groups in total. The van der Waals surface area contributed by atoms with Gasteiger partial charge in [0, 0.05) is 0 Å². The van der Waals surface area contributed by atoms with Crippen molar-refractivity contribution in [3.63, 3.8) is 0 Å². The van der Waals surface area contributed by atoms with Crippen molar-refractivity contribution in [3.8, 4) is 0 Å². The zero-order valence-corrected chi connectivity index (χ0v) is 10.7. The van der Waals surface area contributed by atoms with Crippen LogP contribution in [-0.4, -0.2) is 0 Å². The van der Waals surface area contributed by atoms with E-state index in [1.54, 1.807) is 0 Å². The van der Waals surface area contributed by atoms with Gasteiger partial charge in [0.25, 0.3) is 0 Å². The Kier molecular flexibility index (Phi) is 3.74. The van der Waals surface area contributed by atoms with Crippen LogP contribution in [-0.2, 0) is 0 Å². The Morgan fingerprint density at radius 1 is 0.733 bits per heavy atom. The van der Waals surface area contributed by atoms with Gasteiger partial charge in [0.1, 0.15) is 0 Å². The van der Waals surface area contributed by atoms with Gasteiger partial charge >= 0.3 is 0 Å². The van der Waals surface area contributed by atoms with Gasteiger partial charge in [0.15, 0.2) is 0 Å². The molecule has 0 aliphatic heterocycles. The van der Waals surface area contributed by atoms with Crippen LogP contribution >= 0.6 is 0 Å². The van der Waals surface area contributed by atoms with Gasteiger partial charge in [0.05, 0.1) is 0 Å². The molecule has 0 atom stereocenters. The molecule has 0 heteroatoms. The summed E-state index contributed by atoms with van der Waals surface area (Å²) in [5.41, 5.74) is 0.629. The monoisotopic (exact) mass is 208 g/mol. The molecule has 0 aromatic rings.